The summed E-state index contributed by atoms with van der Waals surface area (Å²) < 4.78 is 9.86. The van der Waals surface area contributed by atoms with Crippen LogP contribution in [0, 0.1) is 0 Å². The van der Waals surface area contributed by atoms with Crippen LogP contribution >= 0.6 is 12.4 Å². The van der Waals surface area contributed by atoms with Gasteiger partial charge in [0, 0.05) is 19.6 Å². The molecule has 1 N–H and O–H groups in total. The van der Waals surface area contributed by atoms with E-state index in [-0.39, 0.29) is 23.7 Å². The minimum Gasteiger partial charge on any atom is -0.507 e. The molecule has 6 heteroatoms. The van der Waals surface area contributed by atoms with Crippen molar-refractivity contribution < 1.29 is 19.4 Å². The Morgan fingerprint density at radius 1 is 1.42 bits per heavy atom. The van der Waals surface area contributed by atoms with E-state index in [4.69, 9.17) is 4.74 Å². The quantitative estimate of drug-likeness (QED) is 0.853. The van der Waals surface area contributed by atoms with Gasteiger partial charge in [-0.1, -0.05) is 6.07 Å². The minimum absolute atomic E-state index is 0. The standard InChI is InChI=1S/C13H17NO4.ClH/c1-17-13(16)11-3-2-10(8-12(11)15)9-14-4-6-18-7-5-14;/h2-3,8,15H,4-7,9H2,1H3;1H. The van der Waals surface area contributed by atoms with E-state index >= 15 is 0 Å². The van der Waals surface area contributed by atoms with E-state index in [9.17, 15) is 9.90 Å². The SMILES string of the molecule is COC(=O)c1ccc(CN2CCOCC2)cc1O.Cl. The number of carbonyl (C=O) groups excluding carboxylic acids is 1. The van der Waals surface area contributed by atoms with Gasteiger partial charge in [0.25, 0.3) is 0 Å². The molecule has 0 radical (unpaired) electrons. The van der Waals surface area contributed by atoms with E-state index in [1.54, 1.807) is 12.1 Å². The zero-order chi connectivity index (χ0) is 13.0. The van der Waals surface area contributed by atoms with Crippen LogP contribution in [0.3, 0.4) is 0 Å². The maximum absolute atomic E-state index is 11.3. The number of phenolic OH excluding ortho intramolecular Hbond substituents is 1. The lowest BCUT2D eigenvalue weighted by molar-refractivity contribution is 0.0341. The second kappa shape index (κ2) is 7.33. The van der Waals surface area contributed by atoms with Gasteiger partial charge in [-0.2, -0.15) is 0 Å². The molecule has 0 amide bonds. The minimum atomic E-state index is -0.523. The maximum Gasteiger partial charge on any atom is 0.341 e. The summed E-state index contributed by atoms with van der Waals surface area (Å²) in [5.74, 6) is -0.557. The molecule has 1 aromatic rings. The molecule has 19 heavy (non-hydrogen) atoms. The van der Waals surface area contributed by atoms with Crippen LogP contribution in [0.2, 0.25) is 0 Å². The van der Waals surface area contributed by atoms with Gasteiger partial charge in [-0.25, -0.2) is 4.79 Å². The Morgan fingerprint density at radius 2 is 2.11 bits per heavy atom. The third-order valence-corrected chi connectivity index (χ3v) is 2.98. The summed E-state index contributed by atoms with van der Waals surface area (Å²) in [6, 6.07) is 5.04. The summed E-state index contributed by atoms with van der Waals surface area (Å²) in [5, 5.41) is 9.78. The number of halogens is 1. The van der Waals surface area contributed by atoms with Crippen LogP contribution in [-0.2, 0) is 16.0 Å². The molecule has 0 saturated carbocycles. The summed E-state index contributed by atoms with van der Waals surface area (Å²) >= 11 is 0. The lowest BCUT2D eigenvalue weighted by Gasteiger charge is -2.26. The molecule has 1 aliphatic rings. The molecule has 1 fully saturated rings. The van der Waals surface area contributed by atoms with E-state index in [1.165, 1.54) is 7.11 Å². The van der Waals surface area contributed by atoms with Crippen LogP contribution in [0.5, 0.6) is 5.75 Å². The van der Waals surface area contributed by atoms with Crippen molar-refractivity contribution in [1.29, 1.82) is 0 Å². The number of aromatic hydroxyl groups is 1. The predicted molar refractivity (Wildman–Crippen MR) is 72.8 cm³/mol. The Kier molecular flexibility index (Phi) is 6.08. The highest BCUT2D eigenvalue weighted by molar-refractivity contribution is 5.92. The molecule has 5 nitrogen and oxygen atoms in total. The fourth-order valence-corrected chi connectivity index (χ4v) is 1.98. The van der Waals surface area contributed by atoms with Crippen LogP contribution in [0.15, 0.2) is 18.2 Å². The van der Waals surface area contributed by atoms with E-state index in [2.05, 4.69) is 9.64 Å². The molecule has 1 aromatic carbocycles. The first kappa shape index (κ1) is 15.8. The van der Waals surface area contributed by atoms with Crippen molar-refractivity contribution in [2.75, 3.05) is 33.4 Å². The molecular formula is C13H18ClNO4. The van der Waals surface area contributed by atoms with Gasteiger partial charge in [0.1, 0.15) is 11.3 Å². The lowest BCUT2D eigenvalue weighted by atomic mass is 10.1. The number of rotatable bonds is 3. The van der Waals surface area contributed by atoms with Gasteiger partial charge in [-0.15, -0.1) is 12.4 Å². The van der Waals surface area contributed by atoms with Crippen LogP contribution in [0.4, 0.5) is 0 Å². The molecule has 0 aliphatic carbocycles. The molecule has 106 valence electrons. The number of morpholine rings is 1. The number of hydrogen-bond acceptors (Lipinski definition) is 5. The third-order valence-electron chi connectivity index (χ3n) is 2.98. The lowest BCUT2D eigenvalue weighted by Crippen LogP contribution is -2.35. The molecule has 2 rings (SSSR count). The second-order valence-corrected chi connectivity index (χ2v) is 4.23. The topological polar surface area (TPSA) is 59.0 Å². The maximum atomic E-state index is 11.3. The average Bonchev–Trinajstić information content (AvgIpc) is 2.39. The van der Waals surface area contributed by atoms with E-state index in [0.717, 1.165) is 38.4 Å². The van der Waals surface area contributed by atoms with E-state index < -0.39 is 5.97 Å². The summed E-state index contributed by atoms with van der Waals surface area (Å²) in [6.07, 6.45) is 0. The third kappa shape index (κ3) is 4.09. The van der Waals surface area contributed by atoms with Crippen molar-refractivity contribution in [2.24, 2.45) is 0 Å². The van der Waals surface area contributed by atoms with Gasteiger partial charge in [0.15, 0.2) is 0 Å². The Balaban J connectivity index is 0.00000180. The van der Waals surface area contributed by atoms with Crippen LogP contribution in [0.1, 0.15) is 15.9 Å². The molecule has 1 aliphatic heterocycles. The number of phenols is 1. The fraction of sp³-hybridized carbons (Fsp3) is 0.462. The first-order chi connectivity index (χ1) is 8.70. The Labute approximate surface area is 118 Å². The highest BCUT2D eigenvalue weighted by Gasteiger charge is 2.14. The molecule has 1 saturated heterocycles. The molecule has 0 atom stereocenters. The Morgan fingerprint density at radius 3 is 2.68 bits per heavy atom. The van der Waals surface area contributed by atoms with Crippen molar-refractivity contribution in [1.82, 2.24) is 4.90 Å². The molecule has 1 heterocycles. The van der Waals surface area contributed by atoms with Gasteiger partial charge in [-0.3, -0.25) is 4.90 Å². The molecule has 0 aromatic heterocycles. The average molecular weight is 288 g/mol. The Bertz CT molecular complexity index is 433. The van der Waals surface area contributed by atoms with Gasteiger partial charge in [0.2, 0.25) is 0 Å². The number of carbonyl (C=O) groups is 1. The number of methoxy groups -OCH3 is 1. The highest BCUT2D eigenvalue weighted by Crippen LogP contribution is 2.20. The van der Waals surface area contributed by atoms with Gasteiger partial charge < -0.3 is 14.6 Å². The van der Waals surface area contributed by atoms with E-state index in [0.29, 0.717) is 0 Å². The normalized spacial score (nSPS) is 15.6. The number of hydrogen-bond donors (Lipinski definition) is 1. The summed E-state index contributed by atoms with van der Waals surface area (Å²) in [7, 11) is 1.30. The van der Waals surface area contributed by atoms with E-state index in [1.807, 2.05) is 6.07 Å². The van der Waals surface area contributed by atoms with Crippen LogP contribution in [0.25, 0.3) is 0 Å². The predicted octanol–water partition coefficient (Wildman–Crippen LogP) is 1.43. The number of esters is 1. The summed E-state index contributed by atoms with van der Waals surface area (Å²) in [4.78, 5) is 13.6. The smallest absolute Gasteiger partial charge is 0.341 e. The monoisotopic (exact) mass is 287 g/mol. The number of benzene rings is 1. The van der Waals surface area contributed by atoms with Crippen molar-refractivity contribution in [3.05, 3.63) is 29.3 Å². The van der Waals surface area contributed by atoms with Crippen molar-refractivity contribution in [2.45, 2.75) is 6.54 Å². The summed E-state index contributed by atoms with van der Waals surface area (Å²) in [5.41, 5.74) is 1.17. The van der Waals surface area contributed by atoms with Crippen molar-refractivity contribution >= 4 is 18.4 Å². The molecule has 0 spiro atoms. The zero-order valence-electron chi connectivity index (χ0n) is 10.8. The zero-order valence-corrected chi connectivity index (χ0v) is 11.6. The first-order valence-electron chi connectivity index (χ1n) is 5.91. The van der Waals surface area contributed by atoms with Gasteiger partial charge in [-0.05, 0) is 17.7 Å². The summed E-state index contributed by atoms with van der Waals surface area (Å²) in [6.45, 7) is 4.01. The van der Waals surface area contributed by atoms with Gasteiger partial charge >= 0.3 is 5.97 Å². The first-order valence-corrected chi connectivity index (χ1v) is 5.91. The molecule has 0 unspecified atom stereocenters. The molecular weight excluding hydrogens is 270 g/mol. The fourth-order valence-electron chi connectivity index (χ4n) is 1.98. The Hall–Kier alpha value is -1.30. The van der Waals surface area contributed by atoms with Crippen LogP contribution in [-0.4, -0.2) is 49.4 Å². The van der Waals surface area contributed by atoms with Crippen molar-refractivity contribution in [3.8, 4) is 5.75 Å². The highest BCUT2D eigenvalue weighted by atomic mass is 35.5. The van der Waals surface area contributed by atoms with Crippen LogP contribution < -0.4 is 0 Å². The number of ether oxygens (including phenoxy) is 2. The number of nitrogens with zero attached hydrogens (tertiary/aromatic N) is 1. The second-order valence-electron chi connectivity index (χ2n) is 4.23. The molecule has 0 bridgehead atoms. The van der Waals surface area contributed by atoms with Gasteiger partial charge in [0.05, 0.1) is 20.3 Å². The largest absolute Gasteiger partial charge is 0.507 e. The van der Waals surface area contributed by atoms with Crippen molar-refractivity contribution in [3.63, 3.8) is 0 Å².